The van der Waals surface area contributed by atoms with Gasteiger partial charge in [0.2, 0.25) is 5.91 Å². The number of hydrogen-bond acceptors (Lipinski definition) is 3. The fourth-order valence-electron chi connectivity index (χ4n) is 2.34. The number of carbonyl (C=O) groups excluding carboxylic acids is 1. The molecular formula is C15H22N2O2. The Morgan fingerprint density at radius 3 is 2.74 bits per heavy atom. The van der Waals surface area contributed by atoms with Crippen molar-refractivity contribution < 1.29 is 9.53 Å². The molecule has 2 N–H and O–H groups in total. The molecule has 1 aromatic rings. The molecule has 19 heavy (non-hydrogen) atoms. The number of ether oxygens (including phenoxy) is 1. The van der Waals surface area contributed by atoms with E-state index in [1.54, 1.807) is 11.9 Å². The average molecular weight is 262 g/mol. The third-order valence-corrected chi connectivity index (χ3v) is 3.58. The van der Waals surface area contributed by atoms with E-state index in [1.165, 1.54) is 0 Å². The van der Waals surface area contributed by atoms with Gasteiger partial charge in [0.1, 0.15) is 6.04 Å². The summed E-state index contributed by atoms with van der Waals surface area (Å²) < 4.78 is 5.54. The van der Waals surface area contributed by atoms with Crippen LogP contribution in [0.25, 0.3) is 0 Å². The first-order valence-corrected chi connectivity index (χ1v) is 6.76. The third-order valence-electron chi connectivity index (χ3n) is 3.58. The molecule has 2 unspecified atom stereocenters. The van der Waals surface area contributed by atoms with Crippen molar-refractivity contribution in [3.05, 3.63) is 35.4 Å². The maximum absolute atomic E-state index is 12.3. The van der Waals surface area contributed by atoms with Crippen molar-refractivity contribution in [3.63, 3.8) is 0 Å². The van der Waals surface area contributed by atoms with Gasteiger partial charge in [0.15, 0.2) is 0 Å². The normalized spacial score (nSPS) is 20.3. The predicted octanol–water partition coefficient (Wildman–Crippen LogP) is 1.63. The zero-order valence-electron chi connectivity index (χ0n) is 11.6. The van der Waals surface area contributed by atoms with Gasteiger partial charge in [0.25, 0.3) is 0 Å². The number of nitrogens with zero attached hydrogens (tertiary/aromatic N) is 1. The van der Waals surface area contributed by atoms with Gasteiger partial charge in [-0.05, 0) is 25.3 Å². The van der Waals surface area contributed by atoms with Crippen molar-refractivity contribution in [2.75, 3.05) is 20.2 Å². The van der Waals surface area contributed by atoms with Gasteiger partial charge in [-0.1, -0.05) is 29.8 Å². The van der Waals surface area contributed by atoms with E-state index in [4.69, 9.17) is 10.5 Å². The van der Waals surface area contributed by atoms with E-state index in [0.717, 1.165) is 30.6 Å². The van der Waals surface area contributed by atoms with E-state index in [9.17, 15) is 4.79 Å². The molecule has 104 valence electrons. The summed E-state index contributed by atoms with van der Waals surface area (Å²) in [5.74, 6) is -0.0562. The van der Waals surface area contributed by atoms with E-state index in [-0.39, 0.29) is 12.0 Å². The molecule has 1 amide bonds. The molecule has 0 spiro atoms. The standard InChI is InChI=1S/C15H22N2O2/c1-11-5-7-12(8-6-11)14(16)15(18)17(2)10-13-4-3-9-19-13/h5-8,13-14H,3-4,9-10,16H2,1-2H3. The molecule has 2 atom stereocenters. The summed E-state index contributed by atoms with van der Waals surface area (Å²) in [5.41, 5.74) is 8.05. The number of benzene rings is 1. The highest BCUT2D eigenvalue weighted by Gasteiger charge is 2.24. The SMILES string of the molecule is Cc1ccc(C(N)C(=O)N(C)CC2CCCO2)cc1. The van der Waals surface area contributed by atoms with E-state index < -0.39 is 6.04 Å². The highest BCUT2D eigenvalue weighted by molar-refractivity contribution is 5.82. The van der Waals surface area contributed by atoms with E-state index in [2.05, 4.69) is 0 Å². The van der Waals surface area contributed by atoms with Crippen LogP contribution in [0.3, 0.4) is 0 Å². The molecule has 1 heterocycles. The summed E-state index contributed by atoms with van der Waals surface area (Å²) >= 11 is 0. The second kappa shape index (κ2) is 6.17. The van der Waals surface area contributed by atoms with Gasteiger partial charge in [-0.25, -0.2) is 0 Å². The monoisotopic (exact) mass is 262 g/mol. The average Bonchev–Trinajstić information content (AvgIpc) is 2.90. The summed E-state index contributed by atoms with van der Waals surface area (Å²) in [6.07, 6.45) is 2.27. The zero-order chi connectivity index (χ0) is 13.8. The van der Waals surface area contributed by atoms with Crippen LogP contribution in [-0.2, 0) is 9.53 Å². The van der Waals surface area contributed by atoms with Crippen molar-refractivity contribution in [1.29, 1.82) is 0 Å². The highest BCUT2D eigenvalue weighted by Crippen LogP contribution is 2.17. The fourth-order valence-corrected chi connectivity index (χ4v) is 2.34. The van der Waals surface area contributed by atoms with Crippen molar-refractivity contribution in [2.24, 2.45) is 5.73 Å². The zero-order valence-corrected chi connectivity index (χ0v) is 11.6. The molecule has 2 rings (SSSR count). The summed E-state index contributed by atoms with van der Waals surface area (Å²) in [5, 5.41) is 0. The summed E-state index contributed by atoms with van der Waals surface area (Å²) in [4.78, 5) is 13.9. The lowest BCUT2D eigenvalue weighted by atomic mass is 10.0. The van der Waals surface area contributed by atoms with Crippen molar-refractivity contribution >= 4 is 5.91 Å². The second-order valence-corrected chi connectivity index (χ2v) is 5.24. The maximum Gasteiger partial charge on any atom is 0.243 e. The molecule has 4 nitrogen and oxygen atoms in total. The van der Waals surface area contributed by atoms with Gasteiger partial charge in [0.05, 0.1) is 6.10 Å². The van der Waals surface area contributed by atoms with Crippen LogP contribution >= 0.6 is 0 Å². The third kappa shape index (κ3) is 3.55. The highest BCUT2D eigenvalue weighted by atomic mass is 16.5. The lowest BCUT2D eigenvalue weighted by Crippen LogP contribution is -2.39. The van der Waals surface area contributed by atoms with Crippen LogP contribution in [0, 0.1) is 6.92 Å². The molecule has 1 aliphatic rings. The molecule has 0 saturated carbocycles. The Hall–Kier alpha value is -1.39. The summed E-state index contributed by atoms with van der Waals surface area (Å²) in [6.45, 7) is 3.44. The van der Waals surface area contributed by atoms with Crippen LogP contribution in [0.2, 0.25) is 0 Å². The first-order valence-electron chi connectivity index (χ1n) is 6.76. The van der Waals surface area contributed by atoms with Gasteiger partial charge >= 0.3 is 0 Å². The topological polar surface area (TPSA) is 55.6 Å². The van der Waals surface area contributed by atoms with Gasteiger partial charge in [-0.15, -0.1) is 0 Å². The number of amides is 1. The van der Waals surface area contributed by atoms with E-state index in [1.807, 2.05) is 31.2 Å². The lowest BCUT2D eigenvalue weighted by molar-refractivity contribution is -0.132. The fraction of sp³-hybridized carbons (Fsp3) is 0.533. The van der Waals surface area contributed by atoms with Gasteiger partial charge in [-0.3, -0.25) is 4.79 Å². The van der Waals surface area contributed by atoms with Crippen LogP contribution in [-0.4, -0.2) is 37.1 Å². The Morgan fingerprint density at radius 2 is 2.16 bits per heavy atom. The molecule has 1 aliphatic heterocycles. The van der Waals surface area contributed by atoms with Crippen LogP contribution in [0.4, 0.5) is 0 Å². The molecule has 0 aromatic heterocycles. The number of hydrogen-bond donors (Lipinski definition) is 1. The van der Waals surface area contributed by atoms with Crippen LogP contribution in [0.1, 0.15) is 30.0 Å². The molecular weight excluding hydrogens is 240 g/mol. The number of rotatable bonds is 4. The number of aryl methyl sites for hydroxylation is 1. The minimum absolute atomic E-state index is 0.0562. The minimum atomic E-state index is -0.591. The first kappa shape index (κ1) is 14.0. The molecule has 0 radical (unpaired) electrons. The van der Waals surface area contributed by atoms with Crippen LogP contribution in [0.15, 0.2) is 24.3 Å². The van der Waals surface area contributed by atoms with Crippen molar-refractivity contribution in [3.8, 4) is 0 Å². The minimum Gasteiger partial charge on any atom is -0.376 e. The van der Waals surface area contributed by atoms with Crippen molar-refractivity contribution in [2.45, 2.75) is 31.9 Å². The lowest BCUT2D eigenvalue weighted by Gasteiger charge is -2.24. The number of nitrogens with two attached hydrogens (primary N) is 1. The number of likely N-dealkylation sites (N-methyl/N-ethyl adjacent to an activating group) is 1. The quantitative estimate of drug-likeness (QED) is 0.897. The maximum atomic E-state index is 12.3. The Morgan fingerprint density at radius 1 is 1.47 bits per heavy atom. The second-order valence-electron chi connectivity index (χ2n) is 5.24. The summed E-state index contributed by atoms with van der Waals surface area (Å²) in [6, 6.07) is 7.19. The van der Waals surface area contributed by atoms with Gasteiger partial charge in [0, 0.05) is 20.2 Å². The Balaban J connectivity index is 1.95. The van der Waals surface area contributed by atoms with Crippen molar-refractivity contribution in [1.82, 2.24) is 4.90 Å². The van der Waals surface area contributed by atoms with Gasteiger partial charge < -0.3 is 15.4 Å². The molecule has 4 heteroatoms. The van der Waals surface area contributed by atoms with Gasteiger partial charge in [-0.2, -0.15) is 0 Å². The Bertz CT molecular complexity index is 424. The first-order chi connectivity index (χ1) is 9.08. The molecule has 1 fully saturated rings. The Labute approximate surface area is 114 Å². The van der Waals surface area contributed by atoms with E-state index in [0.29, 0.717) is 6.54 Å². The smallest absolute Gasteiger partial charge is 0.243 e. The van der Waals surface area contributed by atoms with Crippen LogP contribution in [0.5, 0.6) is 0 Å². The molecule has 1 saturated heterocycles. The summed E-state index contributed by atoms with van der Waals surface area (Å²) in [7, 11) is 1.79. The largest absolute Gasteiger partial charge is 0.376 e. The molecule has 1 aromatic carbocycles. The number of carbonyl (C=O) groups is 1. The van der Waals surface area contributed by atoms with Crippen LogP contribution < -0.4 is 5.73 Å². The molecule has 0 aliphatic carbocycles. The molecule has 0 bridgehead atoms. The predicted molar refractivity (Wildman–Crippen MR) is 74.7 cm³/mol. The van der Waals surface area contributed by atoms with E-state index >= 15 is 0 Å². The Kier molecular flexibility index (Phi) is 4.56.